The van der Waals surface area contributed by atoms with E-state index >= 15 is 0 Å². The van der Waals surface area contributed by atoms with Crippen LogP contribution in [0.3, 0.4) is 0 Å². The van der Waals surface area contributed by atoms with Crippen molar-refractivity contribution in [1.29, 1.82) is 0 Å². The average Bonchev–Trinajstić information content (AvgIpc) is 1.85. The van der Waals surface area contributed by atoms with Gasteiger partial charge in [0.2, 0.25) is 5.91 Å². The number of hydrogen-bond donors (Lipinski definition) is 1. The van der Waals surface area contributed by atoms with Gasteiger partial charge in [0, 0.05) is 13.1 Å². The smallest absolute Gasteiger partial charge is 0.231 e. The minimum absolute atomic E-state index is 0.225. The van der Waals surface area contributed by atoms with Crippen LogP contribution in [0.1, 0.15) is 6.92 Å². The van der Waals surface area contributed by atoms with Crippen LogP contribution in [0.15, 0.2) is 0 Å². The Kier molecular flexibility index (Phi) is 2.84. The Morgan fingerprint density at radius 3 is 3.09 bits per heavy atom. The Morgan fingerprint density at radius 2 is 2.55 bits per heavy atom. The van der Waals surface area contributed by atoms with Crippen LogP contribution in [-0.4, -0.2) is 43.2 Å². The van der Waals surface area contributed by atoms with Crippen LogP contribution in [-0.2, 0) is 9.53 Å². The van der Waals surface area contributed by atoms with E-state index in [1.165, 1.54) is 0 Å². The Morgan fingerprint density at radius 1 is 1.82 bits per heavy atom. The van der Waals surface area contributed by atoms with Crippen molar-refractivity contribution in [2.24, 2.45) is 5.73 Å². The van der Waals surface area contributed by atoms with Crippen molar-refractivity contribution in [2.45, 2.75) is 13.0 Å². The van der Waals surface area contributed by atoms with Gasteiger partial charge in [-0.1, -0.05) is 0 Å². The number of rotatable bonds is 2. The van der Waals surface area contributed by atoms with Crippen LogP contribution in [0.5, 0.6) is 0 Å². The lowest BCUT2D eigenvalue weighted by Crippen LogP contribution is -2.44. The van der Waals surface area contributed by atoms with E-state index in [2.05, 4.69) is 0 Å². The third kappa shape index (κ3) is 2.86. The van der Waals surface area contributed by atoms with Crippen LogP contribution < -0.4 is 5.73 Å². The van der Waals surface area contributed by atoms with Crippen LogP contribution in [0.4, 0.5) is 0 Å². The molecular weight excluding hydrogens is 144 g/mol. The lowest BCUT2D eigenvalue weighted by atomic mass is 10.3. The van der Waals surface area contributed by atoms with Crippen molar-refractivity contribution in [3.63, 3.8) is 0 Å². The second-order valence-electron chi connectivity index (χ2n) is 2.88. The van der Waals surface area contributed by atoms with E-state index in [9.17, 15) is 4.79 Å². The van der Waals surface area contributed by atoms with Crippen LogP contribution in [0.25, 0.3) is 0 Å². The number of hydrogen-bond acceptors (Lipinski definition) is 3. The summed E-state index contributed by atoms with van der Waals surface area (Å²) < 4.78 is 5.30. The summed E-state index contributed by atoms with van der Waals surface area (Å²) in [5, 5.41) is 0. The number of carbonyl (C=O) groups is 1. The van der Waals surface area contributed by atoms with E-state index in [1.807, 2.05) is 11.8 Å². The van der Waals surface area contributed by atoms with Crippen molar-refractivity contribution in [3.8, 4) is 0 Å². The first-order valence-corrected chi connectivity index (χ1v) is 3.81. The minimum Gasteiger partial charge on any atom is -0.376 e. The molecule has 0 aromatic heterocycles. The summed E-state index contributed by atoms with van der Waals surface area (Å²) in [7, 11) is 0. The van der Waals surface area contributed by atoms with Gasteiger partial charge in [0.1, 0.15) is 0 Å². The third-order valence-electron chi connectivity index (χ3n) is 1.70. The molecule has 0 bridgehead atoms. The maximum absolute atomic E-state index is 10.5. The SMILES string of the molecule is CC1CN(CC(N)=O)CCO1. The quantitative estimate of drug-likeness (QED) is 0.572. The van der Waals surface area contributed by atoms with Crippen LogP contribution >= 0.6 is 0 Å². The number of nitrogens with zero attached hydrogens (tertiary/aromatic N) is 1. The molecule has 1 saturated heterocycles. The number of carbonyl (C=O) groups excluding carboxylic acids is 1. The molecule has 1 fully saturated rings. The van der Waals surface area contributed by atoms with Crippen LogP contribution in [0, 0.1) is 0 Å². The van der Waals surface area contributed by atoms with E-state index in [0.29, 0.717) is 13.2 Å². The first-order chi connectivity index (χ1) is 5.18. The van der Waals surface area contributed by atoms with E-state index in [1.54, 1.807) is 0 Å². The van der Waals surface area contributed by atoms with Gasteiger partial charge in [-0.05, 0) is 6.92 Å². The molecule has 1 atom stereocenters. The zero-order chi connectivity index (χ0) is 8.27. The Balaban J connectivity index is 2.28. The fraction of sp³-hybridized carbons (Fsp3) is 0.857. The normalized spacial score (nSPS) is 26.8. The van der Waals surface area contributed by atoms with Crippen molar-refractivity contribution < 1.29 is 9.53 Å². The van der Waals surface area contributed by atoms with Gasteiger partial charge >= 0.3 is 0 Å². The molecule has 0 spiro atoms. The molecular formula is C7H14N2O2. The highest BCUT2D eigenvalue weighted by atomic mass is 16.5. The first-order valence-electron chi connectivity index (χ1n) is 3.81. The highest BCUT2D eigenvalue weighted by Crippen LogP contribution is 2.02. The van der Waals surface area contributed by atoms with Crippen LogP contribution in [0.2, 0.25) is 0 Å². The number of morpholine rings is 1. The third-order valence-corrected chi connectivity index (χ3v) is 1.70. The molecule has 64 valence electrons. The number of primary amides is 1. The summed E-state index contributed by atoms with van der Waals surface area (Å²) in [4.78, 5) is 12.5. The second kappa shape index (κ2) is 3.69. The maximum atomic E-state index is 10.5. The maximum Gasteiger partial charge on any atom is 0.231 e. The standard InChI is InChI=1S/C7H14N2O2/c1-6-4-9(2-3-11-6)5-7(8)10/h6H,2-5H2,1H3,(H2,8,10). The Labute approximate surface area is 66.3 Å². The molecule has 0 saturated carbocycles. The monoisotopic (exact) mass is 158 g/mol. The van der Waals surface area contributed by atoms with Crippen molar-refractivity contribution in [3.05, 3.63) is 0 Å². The molecule has 1 aliphatic heterocycles. The van der Waals surface area contributed by atoms with Gasteiger partial charge in [0.05, 0.1) is 19.3 Å². The zero-order valence-corrected chi connectivity index (χ0v) is 6.75. The largest absolute Gasteiger partial charge is 0.376 e. The number of ether oxygens (including phenoxy) is 1. The molecule has 1 heterocycles. The fourth-order valence-corrected chi connectivity index (χ4v) is 1.25. The Hall–Kier alpha value is -0.610. The summed E-state index contributed by atoms with van der Waals surface area (Å²) in [6.07, 6.45) is 0.225. The molecule has 1 aliphatic rings. The average molecular weight is 158 g/mol. The van der Waals surface area contributed by atoms with Gasteiger partial charge in [0.15, 0.2) is 0 Å². The summed E-state index contributed by atoms with van der Waals surface area (Å²) in [6, 6.07) is 0. The summed E-state index contributed by atoms with van der Waals surface area (Å²) in [5.74, 6) is -0.265. The second-order valence-corrected chi connectivity index (χ2v) is 2.88. The van der Waals surface area contributed by atoms with E-state index in [0.717, 1.165) is 13.1 Å². The van der Waals surface area contributed by atoms with Gasteiger partial charge in [-0.2, -0.15) is 0 Å². The van der Waals surface area contributed by atoms with E-state index in [4.69, 9.17) is 10.5 Å². The topological polar surface area (TPSA) is 55.6 Å². The van der Waals surface area contributed by atoms with Gasteiger partial charge < -0.3 is 10.5 Å². The zero-order valence-electron chi connectivity index (χ0n) is 6.75. The lowest BCUT2D eigenvalue weighted by Gasteiger charge is -2.29. The van der Waals surface area contributed by atoms with Crippen molar-refractivity contribution in [1.82, 2.24) is 4.90 Å². The summed E-state index contributed by atoms with van der Waals surface area (Å²) in [6.45, 7) is 4.67. The van der Waals surface area contributed by atoms with Gasteiger partial charge in [-0.15, -0.1) is 0 Å². The van der Waals surface area contributed by atoms with Gasteiger partial charge in [0.25, 0.3) is 0 Å². The molecule has 0 aromatic rings. The van der Waals surface area contributed by atoms with Crippen molar-refractivity contribution >= 4 is 5.91 Å². The number of amides is 1. The summed E-state index contributed by atoms with van der Waals surface area (Å²) in [5.41, 5.74) is 5.05. The molecule has 1 unspecified atom stereocenters. The molecule has 0 aliphatic carbocycles. The molecule has 2 N–H and O–H groups in total. The van der Waals surface area contributed by atoms with E-state index in [-0.39, 0.29) is 12.0 Å². The van der Waals surface area contributed by atoms with Gasteiger partial charge in [-0.3, -0.25) is 9.69 Å². The van der Waals surface area contributed by atoms with Gasteiger partial charge in [-0.25, -0.2) is 0 Å². The summed E-state index contributed by atoms with van der Waals surface area (Å²) >= 11 is 0. The minimum atomic E-state index is -0.265. The number of nitrogens with two attached hydrogens (primary N) is 1. The Bertz CT molecular complexity index is 149. The molecule has 0 aromatic carbocycles. The first kappa shape index (κ1) is 8.49. The highest BCUT2D eigenvalue weighted by molar-refractivity contribution is 5.75. The molecule has 0 radical (unpaired) electrons. The fourth-order valence-electron chi connectivity index (χ4n) is 1.25. The molecule has 11 heavy (non-hydrogen) atoms. The molecule has 4 heteroatoms. The predicted octanol–water partition coefficient (Wildman–Crippen LogP) is -0.808. The molecule has 1 amide bonds. The molecule has 4 nitrogen and oxygen atoms in total. The predicted molar refractivity (Wildman–Crippen MR) is 41.0 cm³/mol. The van der Waals surface area contributed by atoms with E-state index < -0.39 is 0 Å². The highest BCUT2D eigenvalue weighted by Gasteiger charge is 2.17. The molecule has 1 rings (SSSR count). The van der Waals surface area contributed by atoms with Crippen molar-refractivity contribution in [2.75, 3.05) is 26.2 Å². The lowest BCUT2D eigenvalue weighted by molar-refractivity contribution is -0.120.